The summed E-state index contributed by atoms with van der Waals surface area (Å²) in [7, 11) is -3.07. The highest BCUT2D eigenvalue weighted by molar-refractivity contribution is 7.89. The molecule has 0 fully saturated rings. The van der Waals surface area contributed by atoms with E-state index < -0.39 is 10.0 Å². The molecule has 1 aromatic heterocycles. The molecule has 0 radical (unpaired) electrons. The van der Waals surface area contributed by atoms with Crippen LogP contribution >= 0.6 is 0 Å². The van der Waals surface area contributed by atoms with E-state index in [0.29, 0.717) is 0 Å². The second-order valence-corrected chi connectivity index (χ2v) is 4.07. The van der Waals surface area contributed by atoms with Crippen LogP contribution in [0.2, 0.25) is 0 Å². The van der Waals surface area contributed by atoms with Crippen LogP contribution in [-0.2, 0) is 10.0 Å². The van der Waals surface area contributed by atoms with Gasteiger partial charge in [-0.05, 0) is 19.1 Å². The van der Waals surface area contributed by atoms with Crippen LogP contribution in [-0.4, -0.2) is 18.6 Å². The lowest BCUT2D eigenvalue weighted by atomic mass is 10.5. The standard InChI is InChI=1S/C6H9NO2S/c1-6-4-3-5-7(6)10(2,8)9/h3-5H,1-2H3. The molecule has 0 saturated carbocycles. The van der Waals surface area contributed by atoms with E-state index in [-0.39, 0.29) is 0 Å². The van der Waals surface area contributed by atoms with Gasteiger partial charge >= 0.3 is 0 Å². The molecule has 0 aliphatic heterocycles. The number of rotatable bonds is 1. The van der Waals surface area contributed by atoms with Gasteiger partial charge in [0, 0.05) is 11.9 Å². The lowest BCUT2D eigenvalue weighted by molar-refractivity contribution is 0.592. The quantitative estimate of drug-likeness (QED) is 0.602. The minimum absolute atomic E-state index is 0.738. The zero-order valence-corrected chi connectivity index (χ0v) is 6.72. The number of hydrogen-bond acceptors (Lipinski definition) is 2. The molecule has 1 rings (SSSR count). The highest BCUT2D eigenvalue weighted by Crippen LogP contribution is 2.02. The Morgan fingerprint density at radius 3 is 2.30 bits per heavy atom. The Morgan fingerprint density at radius 1 is 1.50 bits per heavy atom. The van der Waals surface area contributed by atoms with Crippen molar-refractivity contribution in [1.29, 1.82) is 0 Å². The fourth-order valence-electron chi connectivity index (χ4n) is 0.824. The third-order valence-electron chi connectivity index (χ3n) is 1.26. The minimum atomic E-state index is -3.07. The van der Waals surface area contributed by atoms with E-state index in [0.717, 1.165) is 5.69 Å². The van der Waals surface area contributed by atoms with E-state index in [2.05, 4.69) is 0 Å². The van der Waals surface area contributed by atoms with Gasteiger partial charge in [-0.1, -0.05) is 0 Å². The third kappa shape index (κ3) is 1.21. The van der Waals surface area contributed by atoms with Crippen molar-refractivity contribution in [1.82, 2.24) is 3.97 Å². The van der Waals surface area contributed by atoms with Crippen molar-refractivity contribution >= 4 is 10.0 Å². The highest BCUT2D eigenvalue weighted by Gasteiger charge is 2.04. The molecule has 0 aromatic carbocycles. The van der Waals surface area contributed by atoms with Gasteiger partial charge in [-0.2, -0.15) is 0 Å². The van der Waals surface area contributed by atoms with Gasteiger partial charge in [0.05, 0.1) is 6.26 Å². The predicted molar refractivity (Wildman–Crippen MR) is 39.4 cm³/mol. The van der Waals surface area contributed by atoms with Crippen molar-refractivity contribution in [3.8, 4) is 0 Å². The van der Waals surface area contributed by atoms with E-state index in [1.807, 2.05) is 0 Å². The van der Waals surface area contributed by atoms with E-state index in [9.17, 15) is 8.42 Å². The van der Waals surface area contributed by atoms with Crippen LogP contribution in [0.25, 0.3) is 0 Å². The highest BCUT2D eigenvalue weighted by atomic mass is 32.2. The molecule has 0 amide bonds. The van der Waals surface area contributed by atoms with Crippen LogP contribution in [0.5, 0.6) is 0 Å². The summed E-state index contributed by atoms with van der Waals surface area (Å²) in [6.45, 7) is 1.75. The Morgan fingerprint density at radius 2 is 2.10 bits per heavy atom. The smallest absolute Gasteiger partial charge is 0.235 e. The maximum Gasteiger partial charge on any atom is 0.235 e. The SMILES string of the molecule is Cc1cccn1S(C)(=O)=O. The van der Waals surface area contributed by atoms with E-state index in [1.165, 1.54) is 16.4 Å². The molecule has 1 aromatic rings. The molecule has 0 aliphatic carbocycles. The van der Waals surface area contributed by atoms with Crippen molar-refractivity contribution in [3.63, 3.8) is 0 Å². The van der Waals surface area contributed by atoms with Crippen molar-refractivity contribution in [2.75, 3.05) is 6.26 Å². The molecule has 3 nitrogen and oxygen atoms in total. The fourth-order valence-corrected chi connectivity index (χ4v) is 1.70. The Labute approximate surface area is 60.3 Å². The normalized spacial score (nSPS) is 11.8. The van der Waals surface area contributed by atoms with E-state index in [1.54, 1.807) is 19.1 Å². The van der Waals surface area contributed by atoms with Crippen molar-refractivity contribution in [2.24, 2.45) is 0 Å². The third-order valence-corrected chi connectivity index (χ3v) is 2.39. The maximum atomic E-state index is 10.9. The topological polar surface area (TPSA) is 39.1 Å². The monoisotopic (exact) mass is 159 g/mol. The molecule has 10 heavy (non-hydrogen) atoms. The van der Waals surface area contributed by atoms with E-state index >= 15 is 0 Å². The molecule has 4 heteroatoms. The zero-order valence-electron chi connectivity index (χ0n) is 5.90. The Balaban J connectivity index is 3.32. The van der Waals surface area contributed by atoms with Gasteiger partial charge in [0.25, 0.3) is 0 Å². The lowest BCUT2D eigenvalue weighted by Crippen LogP contribution is -2.09. The molecule has 0 N–H and O–H groups in total. The zero-order chi connectivity index (χ0) is 7.78. The average Bonchev–Trinajstić information content (AvgIpc) is 2.11. The van der Waals surface area contributed by atoms with Crippen LogP contribution in [0.1, 0.15) is 5.69 Å². The summed E-state index contributed by atoms with van der Waals surface area (Å²) >= 11 is 0. The molecule has 0 bridgehead atoms. The lowest BCUT2D eigenvalue weighted by Gasteiger charge is -2.00. The average molecular weight is 159 g/mol. The fraction of sp³-hybridized carbons (Fsp3) is 0.333. The van der Waals surface area contributed by atoms with Crippen molar-refractivity contribution < 1.29 is 8.42 Å². The summed E-state index contributed by atoms with van der Waals surface area (Å²) in [5.41, 5.74) is 0.738. The Hall–Kier alpha value is -0.770. The van der Waals surface area contributed by atoms with Gasteiger partial charge in [-0.3, -0.25) is 3.97 Å². The molecule has 1 heterocycles. The van der Waals surface area contributed by atoms with Gasteiger partial charge in [0.15, 0.2) is 0 Å². The molecule has 0 saturated heterocycles. The first-order chi connectivity index (χ1) is 4.52. The largest absolute Gasteiger partial charge is 0.250 e. The summed E-state index contributed by atoms with van der Waals surface area (Å²) in [6, 6.07) is 3.46. The minimum Gasteiger partial charge on any atom is -0.250 e. The number of aromatic nitrogens is 1. The Bertz CT molecular complexity index is 323. The summed E-state index contributed by atoms with van der Waals surface area (Å²) in [5, 5.41) is 0. The number of aryl methyl sites for hydroxylation is 1. The van der Waals surface area contributed by atoms with Gasteiger partial charge in [0.1, 0.15) is 0 Å². The number of nitrogens with zero attached hydrogens (tertiary/aromatic N) is 1. The molecule has 0 atom stereocenters. The molecule has 0 aliphatic rings. The Kier molecular flexibility index (Phi) is 1.56. The second kappa shape index (κ2) is 2.12. The summed E-state index contributed by atoms with van der Waals surface area (Å²) < 4.78 is 23.0. The second-order valence-electron chi connectivity index (χ2n) is 2.21. The first kappa shape index (κ1) is 7.34. The molecule has 0 unspecified atom stereocenters. The van der Waals surface area contributed by atoms with Crippen LogP contribution in [0, 0.1) is 6.92 Å². The van der Waals surface area contributed by atoms with Gasteiger partial charge in [0.2, 0.25) is 10.0 Å². The molecular formula is C6H9NO2S. The molecular weight excluding hydrogens is 150 g/mol. The number of hydrogen-bond donors (Lipinski definition) is 0. The summed E-state index contributed by atoms with van der Waals surface area (Å²) in [5.74, 6) is 0. The molecule has 56 valence electrons. The van der Waals surface area contributed by atoms with Crippen molar-refractivity contribution in [2.45, 2.75) is 6.92 Å². The predicted octanol–water partition coefficient (Wildman–Crippen LogP) is 0.604. The van der Waals surface area contributed by atoms with Gasteiger partial charge in [-0.25, -0.2) is 8.42 Å². The maximum absolute atomic E-state index is 10.9. The molecule has 0 spiro atoms. The van der Waals surface area contributed by atoms with Crippen LogP contribution in [0.15, 0.2) is 18.3 Å². The van der Waals surface area contributed by atoms with Crippen molar-refractivity contribution in [3.05, 3.63) is 24.0 Å². The van der Waals surface area contributed by atoms with Gasteiger partial charge < -0.3 is 0 Å². The first-order valence-electron chi connectivity index (χ1n) is 2.86. The van der Waals surface area contributed by atoms with Crippen LogP contribution in [0.3, 0.4) is 0 Å². The van der Waals surface area contributed by atoms with Crippen LogP contribution in [0.4, 0.5) is 0 Å². The summed E-state index contributed by atoms with van der Waals surface area (Å²) in [6.07, 6.45) is 2.71. The van der Waals surface area contributed by atoms with Gasteiger partial charge in [-0.15, -0.1) is 0 Å². The first-order valence-corrected chi connectivity index (χ1v) is 4.71. The van der Waals surface area contributed by atoms with Crippen LogP contribution < -0.4 is 0 Å². The summed E-state index contributed by atoms with van der Waals surface area (Å²) in [4.78, 5) is 0. The van der Waals surface area contributed by atoms with E-state index in [4.69, 9.17) is 0 Å².